The molecule has 0 spiro atoms. The molecule has 1 aromatic rings. The van der Waals surface area contributed by atoms with Crippen molar-refractivity contribution < 1.29 is 4.74 Å². The molecule has 0 amide bonds. The number of nitrogens with one attached hydrogen (secondary N) is 1. The first kappa shape index (κ1) is 12.1. The third kappa shape index (κ3) is 2.85. The molecular formula is C12H20N4O. The molecule has 0 bridgehead atoms. The summed E-state index contributed by atoms with van der Waals surface area (Å²) < 4.78 is 5.59. The minimum atomic E-state index is 0.137. The van der Waals surface area contributed by atoms with Gasteiger partial charge in [0.1, 0.15) is 0 Å². The first-order chi connectivity index (χ1) is 8.20. The van der Waals surface area contributed by atoms with Crippen LogP contribution in [0.15, 0.2) is 12.3 Å². The van der Waals surface area contributed by atoms with Crippen molar-refractivity contribution in [2.75, 3.05) is 24.5 Å². The highest BCUT2D eigenvalue weighted by molar-refractivity contribution is 5.34. The molecule has 94 valence electrons. The third-order valence-corrected chi connectivity index (χ3v) is 2.77. The van der Waals surface area contributed by atoms with Crippen LogP contribution in [-0.2, 0) is 0 Å². The van der Waals surface area contributed by atoms with Crippen LogP contribution in [0, 0.1) is 0 Å². The van der Waals surface area contributed by atoms with Crippen molar-refractivity contribution >= 4 is 5.95 Å². The predicted octanol–water partition coefficient (Wildman–Crippen LogP) is 1.06. The summed E-state index contributed by atoms with van der Waals surface area (Å²) in [5, 5.41) is 3.26. The van der Waals surface area contributed by atoms with Crippen LogP contribution in [-0.4, -0.2) is 41.7 Å². The van der Waals surface area contributed by atoms with E-state index in [-0.39, 0.29) is 6.10 Å². The largest absolute Gasteiger partial charge is 0.475 e. The van der Waals surface area contributed by atoms with E-state index >= 15 is 0 Å². The zero-order chi connectivity index (χ0) is 12.3. The summed E-state index contributed by atoms with van der Waals surface area (Å²) in [5.74, 6) is 1.41. The molecule has 0 unspecified atom stereocenters. The Balaban J connectivity index is 2.12. The molecular weight excluding hydrogens is 216 g/mol. The zero-order valence-electron chi connectivity index (χ0n) is 10.7. The first-order valence-corrected chi connectivity index (χ1v) is 6.17. The molecule has 5 heteroatoms. The summed E-state index contributed by atoms with van der Waals surface area (Å²) in [6.45, 7) is 9.04. The molecule has 17 heavy (non-hydrogen) atoms. The second-order valence-corrected chi connectivity index (χ2v) is 4.46. The van der Waals surface area contributed by atoms with E-state index in [0.29, 0.717) is 11.9 Å². The van der Waals surface area contributed by atoms with E-state index in [2.05, 4.69) is 27.1 Å². The number of likely N-dealkylation sites (N-methyl/N-ethyl adjacent to an activating group) is 1. The summed E-state index contributed by atoms with van der Waals surface area (Å²) in [6.07, 6.45) is 1.90. The number of aromatic nitrogens is 2. The summed E-state index contributed by atoms with van der Waals surface area (Å²) in [6, 6.07) is 2.31. The number of ether oxygens (including phenoxy) is 1. The summed E-state index contributed by atoms with van der Waals surface area (Å²) >= 11 is 0. The number of anilines is 1. The summed E-state index contributed by atoms with van der Waals surface area (Å²) in [4.78, 5) is 11.0. The van der Waals surface area contributed by atoms with Gasteiger partial charge in [-0.2, -0.15) is 4.98 Å². The Labute approximate surface area is 102 Å². The molecule has 1 aromatic heterocycles. The molecule has 0 aliphatic carbocycles. The van der Waals surface area contributed by atoms with Crippen LogP contribution in [0.25, 0.3) is 0 Å². The Morgan fingerprint density at radius 1 is 1.53 bits per heavy atom. The molecule has 0 radical (unpaired) electrons. The van der Waals surface area contributed by atoms with Gasteiger partial charge in [-0.05, 0) is 20.8 Å². The number of rotatable bonds is 5. The van der Waals surface area contributed by atoms with Crippen LogP contribution in [0.3, 0.4) is 0 Å². The van der Waals surface area contributed by atoms with Gasteiger partial charge in [0.05, 0.1) is 12.1 Å². The minimum Gasteiger partial charge on any atom is -0.475 e. The smallest absolute Gasteiger partial charge is 0.228 e. The maximum atomic E-state index is 5.59. The molecule has 1 saturated heterocycles. The van der Waals surface area contributed by atoms with Crippen LogP contribution in [0.4, 0.5) is 5.95 Å². The van der Waals surface area contributed by atoms with Crippen LogP contribution >= 0.6 is 0 Å². The highest BCUT2D eigenvalue weighted by Gasteiger charge is 2.25. The Bertz CT molecular complexity index is 365. The van der Waals surface area contributed by atoms with Crippen LogP contribution in [0.5, 0.6) is 5.88 Å². The van der Waals surface area contributed by atoms with Crippen LogP contribution in [0.2, 0.25) is 0 Å². The number of nitrogens with zero attached hydrogens (tertiary/aromatic N) is 3. The van der Waals surface area contributed by atoms with Gasteiger partial charge in [0.25, 0.3) is 0 Å². The lowest BCUT2D eigenvalue weighted by molar-refractivity contribution is 0.232. The lowest BCUT2D eigenvalue weighted by atomic mass is 10.1. The van der Waals surface area contributed by atoms with E-state index in [0.717, 1.165) is 25.6 Å². The second kappa shape index (κ2) is 5.31. The average molecular weight is 236 g/mol. The van der Waals surface area contributed by atoms with E-state index < -0.39 is 0 Å². The van der Waals surface area contributed by atoms with E-state index in [1.165, 1.54) is 0 Å². The van der Waals surface area contributed by atoms with Gasteiger partial charge in [0.15, 0.2) is 0 Å². The van der Waals surface area contributed by atoms with E-state index in [9.17, 15) is 0 Å². The topological polar surface area (TPSA) is 50.3 Å². The maximum Gasteiger partial charge on any atom is 0.228 e. The summed E-state index contributed by atoms with van der Waals surface area (Å²) in [7, 11) is 0. The van der Waals surface area contributed by atoms with Crippen molar-refractivity contribution in [3.05, 3.63) is 12.3 Å². The van der Waals surface area contributed by atoms with Crippen LogP contribution in [0.1, 0.15) is 20.8 Å². The van der Waals surface area contributed by atoms with Gasteiger partial charge in [-0.15, -0.1) is 0 Å². The first-order valence-electron chi connectivity index (χ1n) is 6.17. The number of hydrogen-bond donors (Lipinski definition) is 1. The maximum absolute atomic E-state index is 5.59. The summed E-state index contributed by atoms with van der Waals surface area (Å²) in [5.41, 5.74) is 0. The molecule has 1 aliphatic rings. The second-order valence-electron chi connectivity index (χ2n) is 4.46. The fourth-order valence-electron chi connectivity index (χ4n) is 1.83. The molecule has 0 aromatic carbocycles. The molecule has 2 rings (SSSR count). The average Bonchev–Trinajstić information content (AvgIpc) is 2.22. The molecule has 2 heterocycles. The Morgan fingerprint density at radius 3 is 2.82 bits per heavy atom. The lowest BCUT2D eigenvalue weighted by Crippen LogP contribution is -2.57. The zero-order valence-corrected chi connectivity index (χ0v) is 10.7. The standard InChI is InChI=1S/C12H20N4O/c1-4-16(10-7-13-8-10)12-14-6-5-11(15-12)17-9(2)3/h5-6,9-10,13H,4,7-8H2,1-3H3. The highest BCUT2D eigenvalue weighted by atomic mass is 16.5. The quantitative estimate of drug-likeness (QED) is 0.828. The van der Waals surface area contributed by atoms with Crippen molar-refractivity contribution in [3.8, 4) is 5.88 Å². The Kier molecular flexibility index (Phi) is 3.78. The van der Waals surface area contributed by atoms with Gasteiger partial charge >= 0.3 is 0 Å². The predicted molar refractivity (Wildman–Crippen MR) is 67.5 cm³/mol. The van der Waals surface area contributed by atoms with Gasteiger partial charge < -0.3 is 15.0 Å². The van der Waals surface area contributed by atoms with Gasteiger partial charge in [0.2, 0.25) is 11.8 Å². The minimum absolute atomic E-state index is 0.137. The van der Waals surface area contributed by atoms with E-state index in [1.807, 2.05) is 13.8 Å². The van der Waals surface area contributed by atoms with Gasteiger partial charge in [-0.25, -0.2) is 4.98 Å². The van der Waals surface area contributed by atoms with Crippen molar-refractivity contribution in [1.29, 1.82) is 0 Å². The highest BCUT2D eigenvalue weighted by Crippen LogP contribution is 2.17. The van der Waals surface area contributed by atoms with Gasteiger partial charge in [-0.3, -0.25) is 0 Å². The van der Waals surface area contributed by atoms with Gasteiger partial charge in [0, 0.05) is 31.9 Å². The molecule has 1 N–H and O–H groups in total. The fourth-order valence-corrected chi connectivity index (χ4v) is 1.83. The van der Waals surface area contributed by atoms with Gasteiger partial charge in [-0.1, -0.05) is 0 Å². The normalized spacial score (nSPS) is 15.8. The Hall–Kier alpha value is -1.36. The van der Waals surface area contributed by atoms with Crippen molar-refractivity contribution in [2.45, 2.75) is 32.9 Å². The number of hydrogen-bond acceptors (Lipinski definition) is 5. The fraction of sp³-hybridized carbons (Fsp3) is 0.667. The van der Waals surface area contributed by atoms with Crippen molar-refractivity contribution in [2.24, 2.45) is 0 Å². The molecule has 0 saturated carbocycles. The Morgan fingerprint density at radius 2 is 2.29 bits per heavy atom. The molecule has 0 atom stereocenters. The van der Waals surface area contributed by atoms with Crippen molar-refractivity contribution in [3.63, 3.8) is 0 Å². The van der Waals surface area contributed by atoms with E-state index in [4.69, 9.17) is 4.74 Å². The lowest BCUT2D eigenvalue weighted by Gasteiger charge is -2.37. The van der Waals surface area contributed by atoms with Crippen LogP contribution < -0.4 is 15.0 Å². The monoisotopic (exact) mass is 236 g/mol. The SMILES string of the molecule is CCN(c1nccc(OC(C)C)n1)C1CNC1. The molecule has 5 nitrogen and oxygen atoms in total. The molecule has 1 aliphatic heterocycles. The molecule has 1 fully saturated rings. The van der Waals surface area contributed by atoms with Crippen molar-refractivity contribution in [1.82, 2.24) is 15.3 Å². The third-order valence-electron chi connectivity index (χ3n) is 2.77. The van der Waals surface area contributed by atoms with E-state index in [1.54, 1.807) is 12.3 Å².